The summed E-state index contributed by atoms with van der Waals surface area (Å²) in [6, 6.07) is 0. The standard InChI is InChI=1S/C2H9N4/c3-5-1-2-6-4/h1,5-6H,2-4H2. The van der Waals surface area contributed by atoms with Gasteiger partial charge in [-0.2, -0.15) is 0 Å². The zero-order valence-electron chi connectivity index (χ0n) is 3.44. The molecule has 6 heavy (non-hydrogen) atoms. The van der Waals surface area contributed by atoms with Crippen molar-refractivity contribution < 1.29 is 0 Å². The van der Waals surface area contributed by atoms with E-state index in [2.05, 4.69) is 10.9 Å². The fourth-order valence-electron chi connectivity index (χ4n) is 0.118. The van der Waals surface area contributed by atoms with Gasteiger partial charge in [-0.1, -0.05) is 0 Å². The van der Waals surface area contributed by atoms with Gasteiger partial charge in [-0.25, -0.2) is 0 Å². The first-order chi connectivity index (χ1) is 2.91. The highest BCUT2D eigenvalue weighted by molar-refractivity contribution is 4.55. The molecule has 0 atom stereocenters. The van der Waals surface area contributed by atoms with Crippen LogP contribution in [-0.4, -0.2) is 6.54 Å². The molecule has 0 aliphatic heterocycles. The van der Waals surface area contributed by atoms with E-state index in [1.807, 2.05) is 0 Å². The van der Waals surface area contributed by atoms with Crippen LogP contribution in [0.5, 0.6) is 0 Å². The molecule has 37 valence electrons. The summed E-state index contributed by atoms with van der Waals surface area (Å²) >= 11 is 0. The molecule has 0 aromatic heterocycles. The van der Waals surface area contributed by atoms with Gasteiger partial charge in [0, 0.05) is 6.54 Å². The van der Waals surface area contributed by atoms with Gasteiger partial charge in [-0.15, -0.1) is 0 Å². The highest BCUT2D eigenvalue weighted by Crippen LogP contribution is 1.50. The third-order valence-corrected chi connectivity index (χ3v) is 0.338. The number of nitrogens with one attached hydrogen (secondary N) is 2. The minimum atomic E-state index is 0.580. The van der Waals surface area contributed by atoms with Crippen LogP contribution in [0.4, 0.5) is 0 Å². The number of hydrogen-bond donors (Lipinski definition) is 4. The van der Waals surface area contributed by atoms with Crippen molar-refractivity contribution in [2.45, 2.75) is 0 Å². The van der Waals surface area contributed by atoms with Crippen LogP contribution in [-0.2, 0) is 0 Å². The Balaban J connectivity index is 2.34. The molecule has 0 aliphatic carbocycles. The van der Waals surface area contributed by atoms with E-state index in [0.717, 1.165) is 0 Å². The summed E-state index contributed by atoms with van der Waals surface area (Å²) in [7, 11) is 0. The van der Waals surface area contributed by atoms with Gasteiger partial charge in [0.25, 0.3) is 0 Å². The lowest BCUT2D eigenvalue weighted by Crippen LogP contribution is -2.30. The largest absolute Gasteiger partial charge is 0.271 e. The van der Waals surface area contributed by atoms with E-state index in [1.54, 1.807) is 6.54 Å². The first kappa shape index (κ1) is 5.84. The van der Waals surface area contributed by atoms with E-state index < -0.39 is 0 Å². The average molecular weight is 89.1 g/mol. The Morgan fingerprint density at radius 3 is 2.33 bits per heavy atom. The second-order valence-corrected chi connectivity index (χ2v) is 0.779. The van der Waals surface area contributed by atoms with E-state index in [9.17, 15) is 0 Å². The number of rotatable bonds is 3. The molecule has 0 aromatic carbocycles. The molecule has 4 heteroatoms. The maximum absolute atomic E-state index is 4.84. The second-order valence-electron chi connectivity index (χ2n) is 0.779. The van der Waals surface area contributed by atoms with Crippen molar-refractivity contribution in [1.82, 2.24) is 10.9 Å². The maximum Gasteiger partial charge on any atom is 0.0528 e. The zero-order valence-corrected chi connectivity index (χ0v) is 3.44. The molecule has 4 nitrogen and oxygen atoms in total. The second kappa shape index (κ2) is 4.84. The van der Waals surface area contributed by atoms with Crippen molar-refractivity contribution in [1.29, 1.82) is 0 Å². The number of hydrazine groups is 2. The van der Waals surface area contributed by atoms with Gasteiger partial charge in [0.2, 0.25) is 0 Å². The Morgan fingerprint density at radius 1 is 1.50 bits per heavy atom. The summed E-state index contributed by atoms with van der Waals surface area (Å²) in [6.45, 7) is 2.18. The predicted octanol–water partition coefficient (Wildman–Crippen LogP) is -1.93. The molecule has 0 bridgehead atoms. The summed E-state index contributed by atoms with van der Waals surface area (Å²) in [5.74, 6) is 9.65. The van der Waals surface area contributed by atoms with Gasteiger partial charge in [-0.3, -0.25) is 22.5 Å². The first-order valence-electron chi connectivity index (χ1n) is 1.63. The number of nitrogens with two attached hydrogens (primary N) is 2. The summed E-state index contributed by atoms with van der Waals surface area (Å²) in [5, 5.41) is 0. The van der Waals surface area contributed by atoms with Crippen LogP contribution in [0.3, 0.4) is 0 Å². The van der Waals surface area contributed by atoms with Crippen LogP contribution in [0, 0.1) is 6.54 Å². The summed E-state index contributed by atoms with van der Waals surface area (Å²) in [5.41, 5.74) is 4.67. The van der Waals surface area contributed by atoms with Crippen LogP contribution in [0.15, 0.2) is 0 Å². The Morgan fingerprint density at radius 2 is 2.17 bits per heavy atom. The van der Waals surface area contributed by atoms with Crippen molar-refractivity contribution in [3.05, 3.63) is 6.54 Å². The number of hydrogen-bond acceptors (Lipinski definition) is 4. The molecule has 0 rings (SSSR count). The molecule has 0 spiro atoms. The molecule has 0 aromatic rings. The van der Waals surface area contributed by atoms with E-state index >= 15 is 0 Å². The van der Waals surface area contributed by atoms with Gasteiger partial charge in [0.05, 0.1) is 6.54 Å². The molecule has 0 saturated heterocycles. The monoisotopic (exact) mass is 89.1 g/mol. The predicted molar refractivity (Wildman–Crippen MR) is 23.8 cm³/mol. The molecular formula is C2H9N4. The quantitative estimate of drug-likeness (QED) is 0.184. The van der Waals surface area contributed by atoms with Crippen LogP contribution >= 0.6 is 0 Å². The van der Waals surface area contributed by atoms with Crippen LogP contribution in [0.1, 0.15) is 0 Å². The Labute approximate surface area is 36.8 Å². The van der Waals surface area contributed by atoms with Gasteiger partial charge in [-0.05, 0) is 0 Å². The third-order valence-electron chi connectivity index (χ3n) is 0.338. The van der Waals surface area contributed by atoms with E-state index in [1.165, 1.54) is 0 Å². The van der Waals surface area contributed by atoms with Gasteiger partial charge < -0.3 is 0 Å². The molecule has 0 saturated carbocycles. The van der Waals surface area contributed by atoms with Crippen molar-refractivity contribution in [3.63, 3.8) is 0 Å². The minimum absolute atomic E-state index is 0.580. The van der Waals surface area contributed by atoms with Crippen molar-refractivity contribution in [2.24, 2.45) is 11.7 Å². The highest BCUT2D eigenvalue weighted by atomic mass is 15.3. The first-order valence-corrected chi connectivity index (χ1v) is 1.63. The van der Waals surface area contributed by atoms with E-state index in [4.69, 9.17) is 11.7 Å². The van der Waals surface area contributed by atoms with Gasteiger partial charge in [0.15, 0.2) is 0 Å². The van der Waals surface area contributed by atoms with Gasteiger partial charge in [0.1, 0.15) is 0 Å². The maximum atomic E-state index is 4.84. The SMILES string of the molecule is NN[CH]CNN. The normalized spacial score (nSPS) is 9.00. The van der Waals surface area contributed by atoms with Crippen LogP contribution < -0.4 is 22.5 Å². The Hall–Kier alpha value is -0.160. The van der Waals surface area contributed by atoms with Crippen molar-refractivity contribution in [2.75, 3.05) is 6.54 Å². The minimum Gasteiger partial charge on any atom is -0.271 e. The van der Waals surface area contributed by atoms with Gasteiger partial charge >= 0.3 is 0 Å². The van der Waals surface area contributed by atoms with Crippen molar-refractivity contribution in [3.8, 4) is 0 Å². The molecule has 6 N–H and O–H groups in total. The van der Waals surface area contributed by atoms with E-state index in [-0.39, 0.29) is 0 Å². The highest BCUT2D eigenvalue weighted by Gasteiger charge is 1.72. The third kappa shape index (κ3) is 3.84. The molecule has 0 heterocycles. The fourth-order valence-corrected chi connectivity index (χ4v) is 0.118. The fraction of sp³-hybridized carbons (Fsp3) is 0.500. The lowest BCUT2D eigenvalue weighted by atomic mass is 10.7. The molecule has 1 radical (unpaired) electrons. The average Bonchev–Trinajstić information content (AvgIpc) is 1.61. The Kier molecular flexibility index (Phi) is 4.71. The van der Waals surface area contributed by atoms with Crippen LogP contribution in [0.25, 0.3) is 0 Å². The molecule has 0 unspecified atom stereocenters. The summed E-state index contributed by atoms with van der Waals surface area (Å²) < 4.78 is 0. The molecule has 0 aliphatic rings. The van der Waals surface area contributed by atoms with E-state index in [0.29, 0.717) is 6.54 Å². The smallest absolute Gasteiger partial charge is 0.0528 e. The molecule has 0 fully saturated rings. The summed E-state index contributed by atoms with van der Waals surface area (Å²) in [4.78, 5) is 0. The molecule has 0 amide bonds. The topological polar surface area (TPSA) is 76.1 Å². The summed E-state index contributed by atoms with van der Waals surface area (Å²) in [6.07, 6.45) is 0. The lowest BCUT2D eigenvalue weighted by Gasteiger charge is -1.91. The lowest BCUT2D eigenvalue weighted by molar-refractivity contribution is 0.722. The van der Waals surface area contributed by atoms with Crippen LogP contribution in [0.2, 0.25) is 0 Å². The van der Waals surface area contributed by atoms with Crippen molar-refractivity contribution >= 4 is 0 Å². The molecular weight excluding hydrogens is 80.1 g/mol. The Bertz CT molecular complexity index is 17.5. The zero-order chi connectivity index (χ0) is 4.83.